The molecule has 0 bridgehead atoms. The lowest BCUT2D eigenvalue weighted by Crippen LogP contribution is -2.38. The molecule has 0 heterocycles. The number of guanidine groups is 1. The minimum atomic E-state index is -4.74. The number of rotatable bonds is 8. The Labute approximate surface area is 160 Å². The van der Waals surface area contributed by atoms with Gasteiger partial charge in [-0.25, -0.2) is 18.1 Å². The fraction of sp³-hybridized carbons (Fsp3) is 0.235. The van der Waals surface area contributed by atoms with Crippen molar-refractivity contribution in [1.29, 1.82) is 0 Å². The van der Waals surface area contributed by atoms with E-state index in [-0.39, 0.29) is 36.2 Å². The lowest BCUT2D eigenvalue weighted by molar-refractivity contribution is -0.274. The van der Waals surface area contributed by atoms with E-state index >= 15 is 0 Å². The van der Waals surface area contributed by atoms with Gasteiger partial charge in [-0.05, 0) is 29.8 Å². The second kappa shape index (κ2) is 9.42. The predicted octanol–water partition coefficient (Wildman–Crippen LogP) is 1.97. The van der Waals surface area contributed by atoms with Gasteiger partial charge in [0.05, 0.1) is 11.4 Å². The van der Waals surface area contributed by atoms with E-state index in [4.69, 9.17) is 5.73 Å². The summed E-state index contributed by atoms with van der Waals surface area (Å²) in [6, 6.07) is 13.2. The standard InChI is InChI=1S/C17H19F3N4O3S/c18-17(19,20)27-14-8-6-13(7-9-14)12-23-16(21)22-10-11-24-28(25,26)15-4-2-1-3-5-15/h1-9,24H,10-12H2,(H3,21,22,23). The molecule has 0 saturated heterocycles. The van der Waals surface area contributed by atoms with Crippen LogP contribution in [-0.4, -0.2) is 33.8 Å². The molecular formula is C17H19F3N4O3S. The largest absolute Gasteiger partial charge is 0.573 e. The van der Waals surface area contributed by atoms with Gasteiger partial charge in [-0.1, -0.05) is 30.3 Å². The number of sulfonamides is 1. The fourth-order valence-corrected chi connectivity index (χ4v) is 3.14. The molecule has 152 valence electrons. The van der Waals surface area contributed by atoms with Crippen LogP contribution in [0.1, 0.15) is 5.56 Å². The summed E-state index contributed by atoms with van der Waals surface area (Å²) in [4.78, 5) is 4.20. The van der Waals surface area contributed by atoms with E-state index in [9.17, 15) is 21.6 Å². The molecule has 28 heavy (non-hydrogen) atoms. The minimum absolute atomic E-state index is 0.0783. The van der Waals surface area contributed by atoms with Gasteiger partial charge >= 0.3 is 6.36 Å². The third kappa shape index (κ3) is 7.45. The van der Waals surface area contributed by atoms with Crippen molar-refractivity contribution in [3.63, 3.8) is 0 Å². The van der Waals surface area contributed by atoms with Gasteiger partial charge in [0.1, 0.15) is 5.75 Å². The van der Waals surface area contributed by atoms with Crippen LogP contribution in [0.5, 0.6) is 5.75 Å². The van der Waals surface area contributed by atoms with Crippen molar-refractivity contribution in [1.82, 2.24) is 10.0 Å². The lowest BCUT2D eigenvalue weighted by atomic mass is 10.2. The average molecular weight is 416 g/mol. The number of nitrogens with zero attached hydrogens (tertiary/aromatic N) is 1. The minimum Gasteiger partial charge on any atom is -0.406 e. The molecule has 2 rings (SSSR count). The Bertz CT molecular complexity index is 886. The Morgan fingerprint density at radius 1 is 1.04 bits per heavy atom. The smallest absolute Gasteiger partial charge is 0.406 e. The summed E-state index contributed by atoms with van der Waals surface area (Å²) in [5, 5.41) is 2.75. The molecule has 0 aliphatic rings. The lowest BCUT2D eigenvalue weighted by Gasteiger charge is -2.09. The highest BCUT2D eigenvalue weighted by atomic mass is 32.2. The Morgan fingerprint density at radius 2 is 1.68 bits per heavy atom. The maximum atomic E-state index is 12.1. The summed E-state index contributed by atoms with van der Waals surface area (Å²) in [6.45, 7) is 0.442. The van der Waals surface area contributed by atoms with Crippen LogP contribution < -0.4 is 20.5 Å². The Kier molecular flexibility index (Phi) is 7.24. The summed E-state index contributed by atoms with van der Waals surface area (Å²) >= 11 is 0. The van der Waals surface area contributed by atoms with Crippen LogP contribution in [0.25, 0.3) is 0 Å². The highest BCUT2D eigenvalue weighted by Gasteiger charge is 2.30. The van der Waals surface area contributed by atoms with Crippen molar-refractivity contribution in [2.75, 3.05) is 13.1 Å². The third-order valence-electron chi connectivity index (χ3n) is 3.37. The molecule has 0 aliphatic carbocycles. The SMILES string of the molecule is NC(=NCc1ccc(OC(F)(F)F)cc1)NCCNS(=O)(=O)c1ccccc1. The van der Waals surface area contributed by atoms with E-state index in [1.54, 1.807) is 18.2 Å². The first-order valence-electron chi connectivity index (χ1n) is 8.09. The zero-order chi connectivity index (χ0) is 20.6. The normalized spacial score (nSPS) is 12.6. The molecule has 0 radical (unpaired) electrons. The molecule has 0 amide bonds. The molecule has 7 nitrogen and oxygen atoms in total. The maximum absolute atomic E-state index is 12.1. The number of alkyl halides is 3. The number of ether oxygens (including phenoxy) is 1. The number of halogens is 3. The Morgan fingerprint density at radius 3 is 2.29 bits per heavy atom. The first kappa shape index (κ1) is 21.5. The fourth-order valence-electron chi connectivity index (χ4n) is 2.09. The number of benzene rings is 2. The molecule has 0 saturated carbocycles. The number of aliphatic imine (C=N–C) groups is 1. The van der Waals surface area contributed by atoms with Gasteiger partial charge in [-0.15, -0.1) is 13.2 Å². The van der Waals surface area contributed by atoms with Crippen molar-refractivity contribution in [3.8, 4) is 5.75 Å². The maximum Gasteiger partial charge on any atom is 0.573 e. The topological polar surface area (TPSA) is 106 Å². The number of hydrogen-bond acceptors (Lipinski definition) is 4. The van der Waals surface area contributed by atoms with Crippen molar-refractivity contribution in [3.05, 3.63) is 60.2 Å². The molecule has 4 N–H and O–H groups in total. The van der Waals surface area contributed by atoms with Gasteiger partial charge in [0.15, 0.2) is 5.96 Å². The summed E-state index contributed by atoms with van der Waals surface area (Å²) in [7, 11) is -3.59. The van der Waals surface area contributed by atoms with Gasteiger partial charge in [-0.2, -0.15) is 0 Å². The van der Waals surface area contributed by atoms with Crippen molar-refractivity contribution in [2.45, 2.75) is 17.8 Å². The Balaban J connectivity index is 1.76. The third-order valence-corrected chi connectivity index (χ3v) is 4.84. The molecule has 2 aromatic carbocycles. The van der Waals surface area contributed by atoms with E-state index < -0.39 is 16.4 Å². The monoisotopic (exact) mass is 416 g/mol. The molecule has 0 atom stereocenters. The highest BCUT2D eigenvalue weighted by Crippen LogP contribution is 2.22. The molecular weight excluding hydrogens is 397 g/mol. The summed E-state index contributed by atoms with van der Waals surface area (Å²) in [5.74, 6) is -0.244. The van der Waals surface area contributed by atoms with Crippen LogP contribution in [0.4, 0.5) is 13.2 Å². The van der Waals surface area contributed by atoms with Crippen LogP contribution in [0.2, 0.25) is 0 Å². The van der Waals surface area contributed by atoms with Crippen molar-refractivity contribution < 1.29 is 26.3 Å². The van der Waals surface area contributed by atoms with Crippen molar-refractivity contribution in [2.24, 2.45) is 10.7 Å². The van der Waals surface area contributed by atoms with Crippen molar-refractivity contribution >= 4 is 16.0 Å². The molecule has 2 aromatic rings. The van der Waals surface area contributed by atoms with E-state index in [1.165, 1.54) is 36.4 Å². The average Bonchev–Trinajstić information content (AvgIpc) is 2.64. The van der Waals surface area contributed by atoms with Crippen LogP contribution in [-0.2, 0) is 16.6 Å². The van der Waals surface area contributed by atoms with E-state index in [2.05, 4.69) is 19.8 Å². The molecule has 0 fully saturated rings. The second-order valence-corrected chi connectivity index (χ2v) is 7.30. The second-order valence-electron chi connectivity index (χ2n) is 5.53. The zero-order valence-electron chi connectivity index (χ0n) is 14.6. The summed E-state index contributed by atoms with van der Waals surface area (Å²) in [5.41, 5.74) is 6.31. The molecule has 0 spiro atoms. The number of nitrogens with one attached hydrogen (secondary N) is 2. The molecule has 0 unspecified atom stereocenters. The van der Waals surface area contributed by atoms with Crippen LogP contribution in [0.15, 0.2) is 64.5 Å². The van der Waals surface area contributed by atoms with Crippen LogP contribution in [0.3, 0.4) is 0 Å². The van der Waals surface area contributed by atoms with Gasteiger partial charge in [-0.3, -0.25) is 0 Å². The van der Waals surface area contributed by atoms with Gasteiger partial charge < -0.3 is 15.8 Å². The van der Waals surface area contributed by atoms with E-state index in [0.29, 0.717) is 5.56 Å². The highest BCUT2D eigenvalue weighted by molar-refractivity contribution is 7.89. The molecule has 0 aliphatic heterocycles. The number of hydrogen-bond donors (Lipinski definition) is 3. The Hall–Kier alpha value is -2.79. The summed E-state index contributed by atoms with van der Waals surface area (Å²) in [6.07, 6.45) is -4.74. The van der Waals surface area contributed by atoms with Gasteiger partial charge in [0, 0.05) is 13.1 Å². The zero-order valence-corrected chi connectivity index (χ0v) is 15.4. The molecule has 0 aromatic heterocycles. The predicted molar refractivity (Wildman–Crippen MR) is 98.1 cm³/mol. The van der Waals surface area contributed by atoms with Gasteiger partial charge in [0.25, 0.3) is 0 Å². The first-order chi connectivity index (χ1) is 13.2. The number of nitrogens with two attached hydrogens (primary N) is 1. The molecule has 11 heteroatoms. The summed E-state index contributed by atoms with van der Waals surface area (Å²) < 4.78 is 66.5. The first-order valence-corrected chi connectivity index (χ1v) is 9.57. The van der Waals surface area contributed by atoms with Gasteiger partial charge in [0.2, 0.25) is 10.0 Å². The quantitative estimate of drug-likeness (QED) is 0.347. The van der Waals surface area contributed by atoms with Crippen LogP contribution in [0, 0.1) is 0 Å². The van der Waals surface area contributed by atoms with E-state index in [0.717, 1.165) is 0 Å². The van der Waals surface area contributed by atoms with Crippen LogP contribution >= 0.6 is 0 Å². The van der Waals surface area contributed by atoms with E-state index in [1.807, 2.05) is 0 Å².